The van der Waals surface area contributed by atoms with Gasteiger partial charge in [-0.25, -0.2) is 9.90 Å². The minimum atomic E-state index is -0.766. The molecule has 0 saturated heterocycles. The molecule has 0 amide bonds. The molecule has 0 heterocycles. The number of esters is 1. The third-order valence-electron chi connectivity index (χ3n) is 1.08. The summed E-state index contributed by atoms with van der Waals surface area (Å²) in [5, 5.41) is 9.83. The number of rotatable bonds is 4. The van der Waals surface area contributed by atoms with Gasteiger partial charge in [0.15, 0.2) is 6.61 Å². The second-order valence-electron chi connectivity index (χ2n) is 2.55. The van der Waals surface area contributed by atoms with Gasteiger partial charge in [-0.15, -0.1) is 0 Å². The Balaban J connectivity index is 3.12. The van der Waals surface area contributed by atoms with Crippen LogP contribution in [-0.2, 0) is 14.6 Å². The monoisotopic (exact) mass is 145 g/mol. The maximum Gasteiger partial charge on any atom is 0.335 e. The van der Waals surface area contributed by atoms with Crippen LogP contribution in [0.4, 0.5) is 0 Å². The molecule has 0 aliphatic carbocycles. The summed E-state index contributed by atoms with van der Waals surface area (Å²) >= 11 is 0. The van der Waals surface area contributed by atoms with Crippen molar-refractivity contribution >= 4 is 5.97 Å². The molecule has 0 N–H and O–H groups in total. The Morgan fingerprint density at radius 1 is 1.50 bits per heavy atom. The Labute approximate surface area is 61.0 Å². The van der Waals surface area contributed by atoms with E-state index in [-0.39, 0.29) is 0 Å². The second kappa shape index (κ2) is 5.23. The molecule has 0 saturated carbocycles. The summed E-state index contributed by atoms with van der Waals surface area (Å²) in [6, 6.07) is 0. The highest BCUT2D eigenvalue weighted by molar-refractivity contribution is 5.70. The summed E-state index contributed by atoms with van der Waals surface area (Å²) in [5.41, 5.74) is 0. The van der Waals surface area contributed by atoms with E-state index in [1.807, 2.05) is 13.8 Å². The molecule has 0 aromatic heterocycles. The standard InChI is InChI=1S/C7H13O3/c1-6(2)3-4-10-7(9)5-8/h6H,3-5H2,1-2H3. The molecule has 0 unspecified atom stereocenters. The van der Waals surface area contributed by atoms with E-state index in [1.165, 1.54) is 0 Å². The molecule has 1 radical (unpaired) electrons. The van der Waals surface area contributed by atoms with Crippen LogP contribution in [0.5, 0.6) is 0 Å². The van der Waals surface area contributed by atoms with Crippen LogP contribution in [0.15, 0.2) is 0 Å². The van der Waals surface area contributed by atoms with Gasteiger partial charge in [0.25, 0.3) is 0 Å². The number of hydrogen-bond donors (Lipinski definition) is 0. The lowest BCUT2D eigenvalue weighted by molar-refractivity contribution is -0.149. The maximum absolute atomic E-state index is 10.3. The summed E-state index contributed by atoms with van der Waals surface area (Å²) in [6.45, 7) is 3.67. The van der Waals surface area contributed by atoms with E-state index >= 15 is 0 Å². The maximum atomic E-state index is 10.3. The summed E-state index contributed by atoms with van der Waals surface area (Å²) in [6.07, 6.45) is 0.825. The Morgan fingerprint density at radius 3 is 2.50 bits per heavy atom. The van der Waals surface area contributed by atoms with Gasteiger partial charge in [-0.2, -0.15) is 0 Å². The third kappa shape index (κ3) is 5.56. The Kier molecular flexibility index (Phi) is 4.94. The summed E-state index contributed by atoms with van der Waals surface area (Å²) < 4.78 is 4.55. The van der Waals surface area contributed by atoms with Gasteiger partial charge in [0.05, 0.1) is 6.61 Å². The van der Waals surface area contributed by atoms with Gasteiger partial charge in [0.2, 0.25) is 0 Å². The Hall–Kier alpha value is -0.570. The van der Waals surface area contributed by atoms with E-state index in [2.05, 4.69) is 4.74 Å². The first-order valence-electron chi connectivity index (χ1n) is 3.40. The van der Waals surface area contributed by atoms with E-state index < -0.39 is 12.6 Å². The fraction of sp³-hybridized carbons (Fsp3) is 0.857. The number of hydrogen-bond acceptors (Lipinski definition) is 2. The number of carbonyl (C=O) groups is 1. The first kappa shape index (κ1) is 9.43. The fourth-order valence-electron chi connectivity index (χ4n) is 0.450. The molecule has 0 spiro atoms. The molecule has 3 heteroatoms. The van der Waals surface area contributed by atoms with Crippen molar-refractivity contribution in [2.75, 3.05) is 13.2 Å². The van der Waals surface area contributed by atoms with Crippen LogP contribution in [0.3, 0.4) is 0 Å². The molecule has 0 aliphatic rings. The smallest absolute Gasteiger partial charge is 0.335 e. The molecular weight excluding hydrogens is 132 g/mol. The zero-order valence-electron chi connectivity index (χ0n) is 6.42. The highest BCUT2D eigenvalue weighted by atomic mass is 16.5. The van der Waals surface area contributed by atoms with Crippen molar-refractivity contribution < 1.29 is 14.6 Å². The predicted octanol–water partition coefficient (Wildman–Crippen LogP) is 1.01. The van der Waals surface area contributed by atoms with Crippen LogP contribution in [-0.4, -0.2) is 19.2 Å². The van der Waals surface area contributed by atoms with Crippen LogP contribution < -0.4 is 0 Å². The zero-order valence-corrected chi connectivity index (χ0v) is 6.42. The van der Waals surface area contributed by atoms with Crippen molar-refractivity contribution in [2.24, 2.45) is 5.92 Å². The third-order valence-corrected chi connectivity index (χ3v) is 1.08. The molecule has 0 bridgehead atoms. The second-order valence-corrected chi connectivity index (χ2v) is 2.55. The molecule has 10 heavy (non-hydrogen) atoms. The zero-order chi connectivity index (χ0) is 7.98. The quantitative estimate of drug-likeness (QED) is 0.554. The average Bonchev–Trinajstić information content (AvgIpc) is 1.87. The highest BCUT2D eigenvalue weighted by Gasteiger charge is 2.00. The van der Waals surface area contributed by atoms with Crippen LogP contribution >= 0.6 is 0 Å². The molecule has 0 fully saturated rings. The van der Waals surface area contributed by atoms with Crippen molar-refractivity contribution in [1.29, 1.82) is 0 Å². The van der Waals surface area contributed by atoms with E-state index in [4.69, 9.17) is 0 Å². The lowest BCUT2D eigenvalue weighted by Gasteiger charge is -2.03. The summed E-state index contributed by atoms with van der Waals surface area (Å²) in [5.74, 6) is -0.139. The van der Waals surface area contributed by atoms with E-state index in [9.17, 15) is 9.90 Å². The number of ether oxygens (including phenoxy) is 1. The summed E-state index contributed by atoms with van der Waals surface area (Å²) in [4.78, 5) is 10.3. The SMILES string of the molecule is CC(C)CCOC(=O)C[O]. The van der Waals surface area contributed by atoms with Crippen LogP contribution in [0.25, 0.3) is 0 Å². The summed E-state index contributed by atoms with van der Waals surface area (Å²) in [7, 11) is 0. The minimum absolute atomic E-state index is 0.374. The van der Waals surface area contributed by atoms with Crippen molar-refractivity contribution in [1.82, 2.24) is 0 Å². The molecule has 0 aliphatic heterocycles. The van der Waals surface area contributed by atoms with Crippen molar-refractivity contribution in [2.45, 2.75) is 20.3 Å². The van der Waals surface area contributed by atoms with Gasteiger partial charge in [-0.1, -0.05) is 13.8 Å². The van der Waals surface area contributed by atoms with Crippen LogP contribution in [0.1, 0.15) is 20.3 Å². The fourth-order valence-corrected chi connectivity index (χ4v) is 0.450. The van der Waals surface area contributed by atoms with E-state index in [0.717, 1.165) is 6.42 Å². The topological polar surface area (TPSA) is 46.2 Å². The van der Waals surface area contributed by atoms with Crippen LogP contribution in [0.2, 0.25) is 0 Å². The average molecular weight is 145 g/mol. The first-order valence-corrected chi connectivity index (χ1v) is 3.40. The Bertz CT molecular complexity index is 99.0. The number of carbonyl (C=O) groups excluding carboxylic acids is 1. The largest absolute Gasteiger partial charge is 0.464 e. The van der Waals surface area contributed by atoms with Gasteiger partial charge in [0.1, 0.15) is 0 Å². The van der Waals surface area contributed by atoms with Gasteiger partial charge in [-0.3, -0.25) is 0 Å². The van der Waals surface area contributed by atoms with Gasteiger partial charge in [0, 0.05) is 0 Å². The van der Waals surface area contributed by atoms with Crippen molar-refractivity contribution in [3.05, 3.63) is 0 Å². The molecule has 3 nitrogen and oxygen atoms in total. The van der Waals surface area contributed by atoms with Gasteiger partial charge < -0.3 is 4.74 Å². The van der Waals surface area contributed by atoms with Gasteiger partial charge >= 0.3 is 5.97 Å². The first-order chi connectivity index (χ1) is 4.66. The lowest BCUT2D eigenvalue weighted by atomic mass is 10.1. The normalized spacial score (nSPS) is 10.0. The van der Waals surface area contributed by atoms with Crippen molar-refractivity contribution in [3.63, 3.8) is 0 Å². The predicted molar refractivity (Wildman–Crippen MR) is 36.0 cm³/mol. The Morgan fingerprint density at radius 2 is 2.10 bits per heavy atom. The molecule has 0 rings (SSSR count). The minimum Gasteiger partial charge on any atom is -0.464 e. The van der Waals surface area contributed by atoms with Gasteiger partial charge in [-0.05, 0) is 12.3 Å². The van der Waals surface area contributed by atoms with Crippen LogP contribution in [0, 0.1) is 5.92 Å². The molecule has 0 atom stereocenters. The van der Waals surface area contributed by atoms with Crippen molar-refractivity contribution in [3.8, 4) is 0 Å². The molecule has 59 valence electrons. The lowest BCUT2D eigenvalue weighted by Crippen LogP contribution is -2.10. The molecule has 0 aromatic rings. The highest BCUT2D eigenvalue weighted by Crippen LogP contribution is 1.98. The molecule has 0 aromatic carbocycles. The molecular formula is C7H13O3. The van der Waals surface area contributed by atoms with E-state index in [1.54, 1.807) is 0 Å². The van der Waals surface area contributed by atoms with E-state index in [0.29, 0.717) is 12.5 Å².